The molecule has 2 saturated heterocycles. The van der Waals surface area contributed by atoms with Gasteiger partial charge in [-0.05, 0) is 12.5 Å². The second-order valence-corrected chi connectivity index (χ2v) is 6.39. The number of urea groups is 1. The Morgan fingerprint density at radius 2 is 2.00 bits per heavy atom. The van der Waals surface area contributed by atoms with Gasteiger partial charge >= 0.3 is 6.03 Å². The van der Waals surface area contributed by atoms with Gasteiger partial charge in [0.25, 0.3) is 5.91 Å². The average Bonchev–Trinajstić information content (AvgIpc) is 3.30. The number of nitrogens with zero attached hydrogens (tertiary/aromatic N) is 3. The van der Waals surface area contributed by atoms with Crippen molar-refractivity contribution in [3.05, 3.63) is 42.1 Å². The van der Waals surface area contributed by atoms with Gasteiger partial charge in [0.1, 0.15) is 5.69 Å². The van der Waals surface area contributed by atoms with Crippen molar-refractivity contribution in [2.24, 2.45) is 11.7 Å². The van der Waals surface area contributed by atoms with E-state index in [1.807, 2.05) is 35.2 Å². The van der Waals surface area contributed by atoms with Crippen molar-refractivity contribution in [1.82, 2.24) is 20.0 Å². The number of aromatic nitrogens is 2. The normalized spacial score (nSPS) is 22.7. The van der Waals surface area contributed by atoms with Crippen LogP contribution in [0.25, 0.3) is 11.3 Å². The lowest BCUT2D eigenvalue weighted by Gasteiger charge is -2.23. The first-order valence-electron chi connectivity index (χ1n) is 8.09. The van der Waals surface area contributed by atoms with Crippen LogP contribution in [0.4, 0.5) is 4.79 Å². The lowest BCUT2D eigenvalue weighted by Crippen LogP contribution is -2.42. The molecule has 1 aromatic carbocycles. The maximum atomic E-state index is 12.8. The van der Waals surface area contributed by atoms with Crippen molar-refractivity contribution < 1.29 is 9.59 Å². The fourth-order valence-corrected chi connectivity index (χ4v) is 3.74. The number of amides is 3. The van der Waals surface area contributed by atoms with E-state index in [4.69, 9.17) is 5.73 Å². The van der Waals surface area contributed by atoms with E-state index in [1.165, 1.54) is 0 Å². The first kappa shape index (κ1) is 14.7. The molecule has 124 valence electrons. The molecule has 2 aliphatic heterocycles. The zero-order valence-corrected chi connectivity index (χ0v) is 13.2. The van der Waals surface area contributed by atoms with Crippen LogP contribution in [0.1, 0.15) is 16.9 Å². The topological polar surface area (TPSA) is 95.3 Å². The monoisotopic (exact) mass is 325 g/mol. The summed E-state index contributed by atoms with van der Waals surface area (Å²) >= 11 is 0. The van der Waals surface area contributed by atoms with E-state index in [2.05, 4.69) is 10.2 Å². The summed E-state index contributed by atoms with van der Waals surface area (Å²) in [5, 5.41) is 7.10. The quantitative estimate of drug-likeness (QED) is 0.871. The molecule has 0 bridgehead atoms. The minimum atomic E-state index is -0.412. The molecule has 2 aromatic rings. The van der Waals surface area contributed by atoms with Crippen LogP contribution in [-0.2, 0) is 0 Å². The number of carbonyl (C=O) groups excluding carboxylic acids is 2. The summed E-state index contributed by atoms with van der Waals surface area (Å²) in [4.78, 5) is 27.7. The summed E-state index contributed by atoms with van der Waals surface area (Å²) in [6.07, 6.45) is 0.903. The molecular formula is C17H19N5O2. The smallest absolute Gasteiger partial charge is 0.314 e. The number of likely N-dealkylation sites (tertiary alicyclic amines) is 2. The van der Waals surface area contributed by atoms with E-state index in [-0.39, 0.29) is 11.9 Å². The molecular weight excluding hydrogens is 306 g/mol. The summed E-state index contributed by atoms with van der Waals surface area (Å²) in [6, 6.07) is 11.2. The third-order valence-electron chi connectivity index (χ3n) is 5.00. The molecule has 0 radical (unpaired) electrons. The molecule has 7 nitrogen and oxygen atoms in total. The van der Waals surface area contributed by atoms with Crippen LogP contribution in [0, 0.1) is 5.92 Å². The van der Waals surface area contributed by atoms with E-state index in [1.54, 1.807) is 11.0 Å². The van der Waals surface area contributed by atoms with Crippen LogP contribution in [-0.4, -0.2) is 57.6 Å². The van der Waals surface area contributed by atoms with Crippen molar-refractivity contribution in [2.45, 2.75) is 12.5 Å². The molecule has 24 heavy (non-hydrogen) atoms. The lowest BCUT2D eigenvalue weighted by molar-refractivity contribution is 0.0723. The van der Waals surface area contributed by atoms with Crippen molar-refractivity contribution in [1.29, 1.82) is 0 Å². The molecule has 2 fully saturated rings. The number of H-pyrrole nitrogens is 1. The van der Waals surface area contributed by atoms with Crippen LogP contribution in [0.15, 0.2) is 36.4 Å². The van der Waals surface area contributed by atoms with Crippen molar-refractivity contribution >= 4 is 11.9 Å². The van der Waals surface area contributed by atoms with Gasteiger partial charge in [-0.15, -0.1) is 0 Å². The molecule has 7 heteroatoms. The molecule has 2 atom stereocenters. The van der Waals surface area contributed by atoms with E-state index >= 15 is 0 Å². The largest absolute Gasteiger partial charge is 0.351 e. The van der Waals surface area contributed by atoms with Gasteiger partial charge in [-0.2, -0.15) is 5.10 Å². The Balaban J connectivity index is 1.53. The number of hydrogen-bond donors (Lipinski definition) is 2. The molecule has 3 amide bonds. The Hall–Kier alpha value is -2.83. The van der Waals surface area contributed by atoms with Gasteiger partial charge in [0, 0.05) is 31.1 Å². The Morgan fingerprint density at radius 1 is 1.21 bits per heavy atom. The standard InChI is InChI=1S/C17H19N5O2/c18-17(24)21-9-12-6-7-22(15(12)10-21)16(23)14-8-13(19-20-14)11-4-2-1-3-5-11/h1-5,8,12,15H,6-7,9-10H2,(H2,18,24)(H,19,20). The highest BCUT2D eigenvalue weighted by Crippen LogP contribution is 2.32. The molecule has 4 rings (SSSR count). The summed E-state index contributed by atoms with van der Waals surface area (Å²) in [5.74, 6) is 0.251. The van der Waals surface area contributed by atoms with Crippen LogP contribution in [0.3, 0.4) is 0 Å². The Kier molecular flexibility index (Phi) is 3.48. The second kappa shape index (κ2) is 5.67. The van der Waals surface area contributed by atoms with Crippen LogP contribution < -0.4 is 5.73 Å². The Bertz CT molecular complexity index is 772. The summed E-state index contributed by atoms with van der Waals surface area (Å²) in [5.41, 5.74) is 7.56. The number of rotatable bonds is 2. The van der Waals surface area contributed by atoms with Crippen LogP contribution in [0.5, 0.6) is 0 Å². The van der Waals surface area contributed by atoms with Crippen molar-refractivity contribution in [2.75, 3.05) is 19.6 Å². The molecule has 2 unspecified atom stereocenters. The minimum Gasteiger partial charge on any atom is -0.351 e. The van der Waals surface area contributed by atoms with Gasteiger partial charge in [-0.1, -0.05) is 30.3 Å². The van der Waals surface area contributed by atoms with Crippen molar-refractivity contribution in [3.63, 3.8) is 0 Å². The molecule has 0 saturated carbocycles. The number of nitrogens with one attached hydrogen (secondary N) is 1. The second-order valence-electron chi connectivity index (χ2n) is 6.39. The molecule has 3 N–H and O–H groups in total. The highest BCUT2D eigenvalue weighted by molar-refractivity contribution is 5.94. The van der Waals surface area contributed by atoms with Gasteiger partial charge in [-0.3, -0.25) is 9.89 Å². The predicted molar refractivity (Wildman–Crippen MR) is 88.1 cm³/mol. The predicted octanol–water partition coefficient (Wildman–Crippen LogP) is 1.30. The van der Waals surface area contributed by atoms with Gasteiger partial charge in [0.05, 0.1) is 11.7 Å². The van der Waals surface area contributed by atoms with E-state index in [9.17, 15) is 9.59 Å². The maximum Gasteiger partial charge on any atom is 0.314 e. The zero-order valence-electron chi connectivity index (χ0n) is 13.2. The average molecular weight is 325 g/mol. The summed E-state index contributed by atoms with van der Waals surface area (Å²) < 4.78 is 0. The minimum absolute atomic E-state index is 0.0495. The number of fused-ring (bicyclic) bond motifs is 1. The molecule has 0 spiro atoms. The summed E-state index contributed by atoms with van der Waals surface area (Å²) in [6.45, 7) is 1.87. The van der Waals surface area contributed by atoms with E-state index in [0.29, 0.717) is 31.2 Å². The first-order chi connectivity index (χ1) is 11.6. The SMILES string of the molecule is NC(=O)N1CC2CCN(C(=O)c3cc(-c4ccccc4)n[nH]3)C2C1. The van der Waals surface area contributed by atoms with E-state index < -0.39 is 6.03 Å². The molecule has 2 aliphatic rings. The van der Waals surface area contributed by atoms with Gasteiger partial charge in [0.2, 0.25) is 0 Å². The number of nitrogens with two attached hydrogens (primary N) is 1. The molecule has 1 aromatic heterocycles. The maximum absolute atomic E-state index is 12.8. The zero-order chi connectivity index (χ0) is 16.7. The Morgan fingerprint density at radius 3 is 2.75 bits per heavy atom. The van der Waals surface area contributed by atoms with Gasteiger partial charge in [-0.25, -0.2) is 4.79 Å². The fraction of sp³-hybridized carbons (Fsp3) is 0.353. The number of hydrogen-bond acceptors (Lipinski definition) is 3. The van der Waals surface area contributed by atoms with Crippen LogP contribution >= 0.6 is 0 Å². The van der Waals surface area contributed by atoms with Gasteiger partial charge in [0.15, 0.2) is 0 Å². The lowest BCUT2D eigenvalue weighted by atomic mass is 10.1. The first-order valence-corrected chi connectivity index (χ1v) is 8.09. The fourth-order valence-electron chi connectivity index (χ4n) is 3.74. The van der Waals surface area contributed by atoms with Gasteiger partial charge < -0.3 is 15.5 Å². The van der Waals surface area contributed by atoms with E-state index in [0.717, 1.165) is 17.7 Å². The number of benzene rings is 1. The highest BCUT2D eigenvalue weighted by atomic mass is 16.2. The third kappa shape index (κ3) is 2.42. The molecule has 0 aliphatic carbocycles. The molecule has 3 heterocycles. The summed E-state index contributed by atoms with van der Waals surface area (Å²) in [7, 11) is 0. The van der Waals surface area contributed by atoms with Crippen molar-refractivity contribution in [3.8, 4) is 11.3 Å². The third-order valence-corrected chi connectivity index (χ3v) is 5.00. The number of primary amides is 1. The van der Waals surface area contributed by atoms with Crippen LogP contribution in [0.2, 0.25) is 0 Å². The number of carbonyl (C=O) groups is 2. The Labute approximate surface area is 139 Å². The number of aromatic amines is 1. The highest BCUT2D eigenvalue weighted by Gasteiger charge is 2.44.